The molecule has 1 fully saturated rings. The summed E-state index contributed by atoms with van der Waals surface area (Å²) in [5, 5.41) is 20.9. The first kappa shape index (κ1) is 40.4. The van der Waals surface area contributed by atoms with Gasteiger partial charge in [-0.25, -0.2) is 27.6 Å². The minimum atomic E-state index is -1.85. The van der Waals surface area contributed by atoms with Gasteiger partial charge in [0.15, 0.2) is 11.9 Å². The molecule has 0 saturated carbocycles. The number of carbonyl (C=O) groups is 3. The molecule has 1 N–H and O–H groups in total. The number of carboxylic acids is 1. The van der Waals surface area contributed by atoms with Crippen LogP contribution in [0, 0.1) is 28.8 Å². The highest BCUT2D eigenvalue weighted by Gasteiger charge is 2.47. The Labute approximate surface area is 318 Å². The zero-order valence-corrected chi connectivity index (χ0v) is 30.2. The van der Waals surface area contributed by atoms with Gasteiger partial charge in [0, 0.05) is 28.0 Å². The molecule has 286 valence electrons. The number of rotatable bonds is 16. The number of thioether (sulfide) groups is 1. The molecule has 1 aliphatic rings. The largest absolute Gasteiger partial charge is 0.481 e. The van der Waals surface area contributed by atoms with E-state index in [1.807, 2.05) is 6.07 Å². The Kier molecular flexibility index (Phi) is 14.0. The van der Waals surface area contributed by atoms with Crippen molar-refractivity contribution in [3.05, 3.63) is 137 Å². The predicted octanol–water partition coefficient (Wildman–Crippen LogP) is 6.36. The molecule has 5 rings (SSSR count). The molecule has 1 saturated heterocycles. The molecule has 0 aliphatic carbocycles. The summed E-state index contributed by atoms with van der Waals surface area (Å²) in [6.07, 6.45) is 7.49. The van der Waals surface area contributed by atoms with Crippen LogP contribution in [-0.2, 0) is 47.3 Å². The summed E-state index contributed by atoms with van der Waals surface area (Å²) in [6.45, 7) is 1.45. The lowest BCUT2D eigenvalue weighted by molar-refractivity contribution is -0.148. The maximum atomic E-state index is 15.9. The Morgan fingerprint density at radius 3 is 2.55 bits per heavy atom. The van der Waals surface area contributed by atoms with Gasteiger partial charge in [-0.05, 0) is 43.3 Å². The fourth-order valence-electron chi connectivity index (χ4n) is 5.63. The van der Waals surface area contributed by atoms with Crippen LogP contribution in [0.2, 0.25) is 0 Å². The van der Waals surface area contributed by atoms with E-state index >= 15 is 4.39 Å². The highest BCUT2D eigenvalue weighted by atomic mass is 32.2. The number of esters is 2. The number of allylic oxidation sites excluding steroid dienone is 2. The molecule has 0 unspecified atom stereocenters. The van der Waals surface area contributed by atoms with Crippen LogP contribution in [-0.4, -0.2) is 67.8 Å². The number of hydrogen-bond acceptors (Lipinski definition) is 11. The van der Waals surface area contributed by atoms with Crippen molar-refractivity contribution in [3.8, 4) is 6.07 Å². The Balaban J connectivity index is 1.36. The predicted molar refractivity (Wildman–Crippen MR) is 192 cm³/mol. The van der Waals surface area contributed by atoms with E-state index in [-0.39, 0.29) is 60.3 Å². The first-order chi connectivity index (χ1) is 26.5. The fourth-order valence-corrected chi connectivity index (χ4v) is 6.99. The zero-order valence-electron chi connectivity index (χ0n) is 29.3. The van der Waals surface area contributed by atoms with Crippen molar-refractivity contribution in [3.63, 3.8) is 0 Å². The lowest BCUT2D eigenvalue weighted by atomic mass is 9.89. The molecule has 0 radical (unpaired) electrons. The molecule has 0 spiro atoms. The van der Waals surface area contributed by atoms with E-state index in [0.717, 1.165) is 12.1 Å². The summed E-state index contributed by atoms with van der Waals surface area (Å²) in [4.78, 5) is 41.2. The average molecular weight is 777 g/mol. The maximum absolute atomic E-state index is 15.9. The second kappa shape index (κ2) is 19.0. The van der Waals surface area contributed by atoms with Crippen LogP contribution in [0.1, 0.15) is 52.4 Å². The van der Waals surface area contributed by atoms with Crippen LogP contribution in [0.3, 0.4) is 0 Å². The number of benzene rings is 3. The highest BCUT2D eigenvalue weighted by Crippen LogP contribution is 2.42. The second-order valence-corrected chi connectivity index (χ2v) is 13.9. The summed E-state index contributed by atoms with van der Waals surface area (Å²) in [5.74, 6) is -5.22. The molecule has 12 nitrogen and oxygen atoms in total. The quantitative estimate of drug-likeness (QED) is 0.0992. The number of hydrogen-bond donors (Lipinski definition) is 1. The Bertz CT molecular complexity index is 2080. The molecule has 0 bridgehead atoms. The second-order valence-electron chi connectivity index (χ2n) is 12.2. The van der Waals surface area contributed by atoms with Gasteiger partial charge in [-0.2, -0.15) is 10.4 Å². The van der Waals surface area contributed by atoms with E-state index in [1.165, 1.54) is 65.5 Å². The molecule has 16 heteroatoms. The molecular weight excluding hydrogens is 742 g/mol. The molecule has 2 atom stereocenters. The van der Waals surface area contributed by atoms with Gasteiger partial charge < -0.3 is 24.1 Å². The maximum Gasteiger partial charge on any atom is 0.339 e. The van der Waals surface area contributed by atoms with Crippen LogP contribution in [0.4, 0.5) is 13.2 Å². The molecular formula is C39H35F3N4O8S. The van der Waals surface area contributed by atoms with Crippen molar-refractivity contribution < 1.29 is 51.6 Å². The Morgan fingerprint density at radius 2 is 1.85 bits per heavy atom. The smallest absolute Gasteiger partial charge is 0.339 e. The topological polar surface area (TPSA) is 163 Å². The molecule has 2 heterocycles. The van der Waals surface area contributed by atoms with Gasteiger partial charge in [0.1, 0.15) is 36.7 Å². The third-order valence-electron chi connectivity index (χ3n) is 8.42. The van der Waals surface area contributed by atoms with Crippen molar-refractivity contribution in [1.82, 2.24) is 14.8 Å². The summed E-state index contributed by atoms with van der Waals surface area (Å²) >= 11 is 1.28. The standard InChI is InChI=1S/C39H35F3N4O8S/c1-25(55-30-20-52-37(53-21-30)9-5-3-6-27-11-10-26(18-43)16-33(27)41)39(22-46-24-44-23-45-46,32-13-12-29(40)17-34(32)42)54-38(50)31-8-4-2-7-28(31)19-51-36(49)15-14-35(47)48/h2-13,16-17,23-25,30,37H,14-15,19-22H2,1H3,(H,47,48)/t25-,30-,37-,39-/m1/s1. The SMILES string of the molecule is C[C@@H](S[C@H]1CO[C@H](C=CC=Cc2ccc(C#N)cc2F)OC1)[C@@](Cn1cncn1)(OC(=O)c1ccccc1COC(=O)CCC(=O)O)c1ccc(F)cc1F. The molecule has 4 aromatic rings. The molecule has 55 heavy (non-hydrogen) atoms. The Hall–Kier alpha value is -5.76. The number of carboxylic acid groups (broad SMARTS) is 1. The molecule has 0 amide bonds. The number of nitrogens with zero attached hydrogens (tertiary/aromatic N) is 4. The van der Waals surface area contributed by atoms with E-state index in [1.54, 1.807) is 37.3 Å². The first-order valence-corrected chi connectivity index (χ1v) is 17.8. The van der Waals surface area contributed by atoms with Gasteiger partial charge in [0.05, 0.1) is 55.0 Å². The minimum absolute atomic E-state index is 0.00819. The number of nitriles is 1. The third-order valence-corrected chi connectivity index (χ3v) is 9.87. The van der Waals surface area contributed by atoms with Gasteiger partial charge in [0.2, 0.25) is 0 Å². The van der Waals surface area contributed by atoms with E-state index < -0.39 is 58.9 Å². The zero-order chi connectivity index (χ0) is 39.4. The van der Waals surface area contributed by atoms with E-state index in [2.05, 4.69) is 10.1 Å². The van der Waals surface area contributed by atoms with Gasteiger partial charge in [-0.1, -0.05) is 42.5 Å². The number of halogens is 3. The van der Waals surface area contributed by atoms with Crippen LogP contribution in [0.15, 0.2) is 91.5 Å². The minimum Gasteiger partial charge on any atom is -0.481 e. The van der Waals surface area contributed by atoms with Crippen molar-refractivity contribution in [1.29, 1.82) is 5.26 Å². The van der Waals surface area contributed by atoms with Crippen LogP contribution < -0.4 is 0 Å². The fraction of sp³-hybridized carbons (Fsp3) is 0.282. The van der Waals surface area contributed by atoms with Crippen molar-refractivity contribution in [2.45, 2.75) is 55.3 Å². The number of aliphatic carboxylic acids is 1. The normalized spacial score (nSPS) is 17.4. The average Bonchev–Trinajstić information content (AvgIpc) is 3.68. The number of ether oxygens (including phenoxy) is 4. The number of aromatic nitrogens is 3. The molecule has 3 aromatic carbocycles. The van der Waals surface area contributed by atoms with E-state index in [4.69, 9.17) is 29.3 Å². The van der Waals surface area contributed by atoms with Crippen LogP contribution in [0.25, 0.3) is 6.08 Å². The summed E-state index contributed by atoms with van der Waals surface area (Å²) < 4.78 is 69.0. The van der Waals surface area contributed by atoms with Crippen molar-refractivity contribution in [2.75, 3.05) is 13.2 Å². The monoisotopic (exact) mass is 776 g/mol. The summed E-state index contributed by atoms with van der Waals surface area (Å²) in [5.41, 5.74) is -1.24. The Morgan fingerprint density at radius 1 is 1.07 bits per heavy atom. The van der Waals surface area contributed by atoms with Crippen LogP contribution in [0.5, 0.6) is 0 Å². The lowest BCUT2D eigenvalue weighted by Gasteiger charge is -2.40. The summed E-state index contributed by atoms with van der Waals surface area (Å²) in [6, 6.07) is 15.1. The summed E-state index contributed by atoms with van der Waals surface area (Å²) in [7, 11) is 0. The van der Waals surface area contributed by atoms with Crippen LogP contribution >= 0.6 is 11.8 Å². The number of carbonyl (C=O) groups excluding carboxylic acids is 2. The lowest BCUT2D eigenvalue weighted by Crippen LogP contribution is -2.47. The van der Waals surface area contributed by atoms with Gasteiger partial charge in [-0.15, -0.1) is 11.8 Å². The van der Waals surface area contributed by atoms with E-state index in [0.29, 0.717) is 11.6 Å². The first-order valence-electron chi connectivity index (χ1n) is 16.9. The highest BCUT2D eigenvalue weighted by molar-refractivity contribution is 8.00. The van der Waals surface area contributed by atoms with E-state index in [9.17, 15) is 23.2 Å². The van der Waals surface area contributed by atoms with Gasteiger partial charge >= 0.3 is 17.9 Å². The van der Waals surface area contributed by atoms with Crippen molar-refractivity contribution in [2.24, 2.45) is 0 Å². The van der Waals surface area contributed by atoms with Crippen molar-refractivity contribution >= 4 is 35.7 Å². The van der Waals surface area contributed by atoms with Gasteiger partial charge in [0.25, 0.3) is 0 Å². The molecule has 1 aromatic heterocycles. The third kappa shape index (κ3) is 10.9. The van der Waals surface area contributed by atoms with Gasteiger partial charge in [-0.3, -0.25) is 9.59 Å². The molecule has 1 aliphatic heterocycles.